The van der Waals surface area contributed by atoms with Gasteiger partial charge in [-0.2, -0.15) is 26.3 Å². The molecule has 1 unspecified atom stereocenters. The molecule has 0 aromatic heterocycles. The molecule has 0 aliphatic heterocycles. The van der Waals surface area contributed by atoms with Crippen molar-refractivity contribution in [3.05, 3.63) is 0 Å². The lowest BCUT2D eigenvalue weighted by molar-refractivity contribution is -0.358. The Kier molecular flexibility index (Phi) is 3.75. The van der Waals surface area contributed by atoms with E-state index in [4.69, 9.17) is 0 Å². The van der Waals surface area contributed by atoms with Crippen molar-refractivity contribution in [1.29, 1.82) is 0 Å². The van der Waals surface area contributed by atoms with Crippen molar-refractivity contribution >= 4 is 0 Å². The molecule has 0 heterocycles. The molecule has 1 fully saturated rings. The summed E-state index contributed by atoms with van der Waals surface area (Å²) < 4.78 is 77.0. The zero-order chi connectivity index (χ0) is 13.5. The van der Waals surface area contributed by atoms with Gasteiger partial charge in [0, 0.05) is 0 Å². The average molecular weight is 262 g/mol. The summed E-state index contributed by atoms with van der Waals surface area (Å²) in [5.41, 5.74) is -3.58. The zero-order valence-corrected chi connectivity index (χ0v) is 9.75. The van der Waals surface area contributed by atoms with Crippen LogP contribution in [0.2, 0.25) is 0 Å². The second-order valence-corrected chi connectivity index (χ2v) is 5.07. The molecule has 0 bridgehead atoms. The Bertz CT molecular complexity index is 250. The van der Waals surface area contributed by atoms with Crippen molar-refractivity contribution in [2.24, 2.45) is 17.3 Å². The second kappa shape index (κ2) is 4.35. The third kappa shape index (κ3) is 2.40. The van der Waals surface area contributed by atoms with Gasteiger partial charge < -0.3 is 0 Å². The van der Waals surface area contributed by atoms with Crippen LogP contribution in [0.3, 0.4) is 0 Å². The van der Waals surface area contributed by atoms with Crippen LogP contribution in [0.5, 0.6) is 0 Å². The van der Waals surface area contributed by atoms with E-state index in [1.54, 1.807) is 0 Å². The number of rotatable bonds is 1. The summed E-state index contributed by atoms with van der Waals surface area (Å²) in [5, 5.41) is 0. The third-order valence-electron chi connectivity index (χ3n) is 4.03. The van der Waals surface area contributed by atoms with Gasteiger partial charge in [0.05, 0.1) is 0 Å². The Morgan fingerprint density at radius 2 is 1.24 bits per heavy atom. The van der Waals surface area contributed by atoms with Crippen LogP contribution < -0.4 is 0 Å². The van der Waals surface area contributed by atoms with E-state index in [9.17, 15) is 26.3 Å². The van der Waals surface area contributed by atoms with Crippen molar-refractivity contribution < 1.29 is 26.3 Å². The van der Waals surface area contributed by atoms with E-state index in [0.717, 1.165) is 0 Å². The lowest BCUT2D eigenvalue weighted by Gasteiger charge is -2.45. The monoisotopic (exact) mass is 262 g/mol. The minimum absolute atomic E-state index is 0.00329. The van der Waals surface area contributed by atoms with E-state index < -0.39 is 29.6 Å². The Hall–Kier alpha value is -0.420. The second-order valence-electron chi connectivity index (χ2n) is 5.07. The molecule has 0 nitrogen and oxygen atoms in total. The van der Waals surface area contributed by atoms with Gasteiger partial charge in [0.15, 0.2) is 5.41 Å². The highest BCUT2D eigenvalue weighted by molar-refractivity contribution is 4.97. The van der Waals surface area contributed by atoms with Crippen molar-refractivity contribution in [1.82, 2.24) is 0 Å². The van der Waals surface area contributed by atoms with Crippen LogP contribution in [0.15, 0.2) is 0 Å². The van der Waals surface area contributed by atoms with Gasteiger partial charge in [0.2, 0.25) is 0 Å². The highest BCUT2D eigenvalue weighted by Gasteiger charge is 2.71. The van der Waals surface area contributed by atoms with Crippen LogP contribution in [-0.4, -0.2) is 12.4 Å². The largest absolute Gasteiger partial charge is 0.403 e. The van der Waals surface area contributed by atoms with E-state index in [-0.39, 0.29) is 6.42 Å². The first kappa shape index (κ1) is 14.6. The molecule has 6 heteroatoms. The molecule has 0 N–H and O–H groups in total. The predicted octanol–water partition coefficient (Wildman–Crippen LogP) is 4.94. The fourth-order valence-corrected chi connectivity index (χ4v) is 2.76. The maximum absolute atomic E-state index is 12.8. The van der Waals surface area contributed by atoms with Gasteiger partial charge in [0.1, 0.15) is 0 Å². The third-order valence-corrected chi connectivity index (χ3v) is 4.03. The lowest BCUT2D eigenvalue weighted by atomic mass is 9.64. The summed E-state index contributed by atoms with van der Waals surface area (Å²) in [6, 6.07) is 0. The molecule has 0 radical (unpaired) electrons. The average Bonchev–Trinajstić information content (AvgIpc) is 2.13. The Morgan fingerprint density at radius 1 is 0.824 bits per heavy atom. The lowest BCUT2D eigenvalue weighted by Crippen LogP contribution is -2.55. The molecule has 0 aromatic carbocycles. The van der Waals surface area contributed by atoms with Gasteiger partial charge in [-0.25, -0.2) is 0 Å². The topological polar surface area (TPSA) is 0 Å². The standard InChI is InChI=1S/C11H16F6/c1-7-5-3-4-6-8(7)9(2,10(12,13)14)11(15,16)17/h7-8H,3-6H2,1-2H3/t7-,8?/m0/s1. The zero-order valence-electron chi connectivity index (χ0n) is 9.75. The first-order valence-corrected chi connectivity index (χ1v) is 5.65. The maximum atomic E-state index is 12.8. The molecule has 0 saturated heterocycles. The van der Waals surface area contributed by atoms with Crippen LogP contribution in [0.25, 0.3) is 0 Å². The molecule has 2 atom stereocenters. The van der Waals surface area contributed by atoms with E-state index >= 15 is 0 Å². The van der Waals surface area contributed by atoms with Crippen molar-refractivity contribution in [2.75, 3.05) is 0 Å². The van der Waals surface area contributed by atoms with Crippen LogP contribution >= 0.6 is 0 Å². The first-order chi connectivity index (χ1) is 7.52. The van der Waals surface area contributed by atoms with Gasteiger partial charge in [-0.15, -0.1) is 0 Å². The minimum Gasteiger partial charge on any atom is -0.170 e. The summed E-state index contributed by atoms with van der Waals surface area (Å²) in [6.07, 6.45) is -8.91. The normalized spacial score (nSPS) is 28.2. The molecular weight excluding hydrogens is 246 g/mol. The summed E-state index contributed by atoms with van der Waals surface area (Å²) in [7, 11) is 0. The summed E-state index contributed by atoms with van der Waals surface area (Å²) in [5.74, 6) is -1.91. The number of alkyl halides is 6. The van der Waals surface area contributed by atoms with Crippen molar-refractivity contribution in [3.8, 4) is 0 Å². The Balaban J connectivity index is 3.15. The van der Waals surface area contributed by atoms with Gasteiger partial charge in [0.25, 0.3) is 0 Å². The quantitative estimate of drug-likeness (QED) is 0.587. The van der Waals surface area contributed by atoms with Crippen LogP contribution in [0.4, 0.5) is 26.3 Å². The maximum Gasteiger partial charge on any atom is 0.403 e. The van der Waals surface area contributed by atoms with Crippen LogP contribution in [0.1, 0.15) is 39.5 Å². The predicted molar refractivity (Wildman–Crippen MR) is 51.3 cm³/mol. The summed E-state index contributed by atoms with van der Waals surface area (Å²) in [4.78, 5) is 0. The van der Waals surface area contributed by atoms with Crippen LogP contribution in [-0.2, 0) is 0 Å². The first-order valence-electron chi connectivity index (χ1n) is 5.65. The summed E-state index contributed by atoms with van der Waals surface area (Å²) in [6.45, 7) is 1.79. The Morgan fingerprint density at radius 3 is 1.59 bits per heavy atom. The molecule has 0 aromatic rings. The van der Waals surface area contributed by atoms with E-state index in [2.05, 4.69) is 0 Å². The van der Waals surface area contributed by atoms with E-state index in [0.29, 0.717) is 26.2 Å². The van der Waals surface area contributed by atoms with Crippen molar-refractivity contribution in [2.45, 2.75) is 51.9 Å². The van der Waals surface area contributed by atoms with Gasteiger partial charge in [-0.3, -0.25) is 0 Å². The fraction of sp³-hybridized carbons (Fsp3) is 1.00. The van der Waals surface area contributed by atoms with Crippen molar-refractivity contribution in [3.63, 3.8) is 0 Å². The molecule has 0 spiro atoms. The van der Waals surface area contributed by atoms with E-state index in [1.807, 2.05) is 0 Å². The molecule has 1 aliphatic rings. The van der Waals surface area contributed by atoms with Gasteiger partial charge >= 0.3 is 12.4 Å². The number of halogens is 6. The molecule has 1 rings (SSSR count). The van der Waals surface area contributed by atoms with Crippen LogP contribution in [0, 0.1) is 17.3 Å². The number of hydrogen-bond acceptors (Lipinski definition) is 0. The fourth-order valence-electron chi connectivity index (χ4n) is 2.76. The van der Waals surface area contributed by atoms with Gasteiger partial charge in [-0.1, -0.05) is 26.2 Å². The SMILES string of the molecule is C[C@H]1CCCCC1C(C)(C(F)(F)F)C(F)(F)F. The van der Waals surface area contributed by atoms with E-state index in [1.165, 1.54) is 6.92 Å². The molecular formula is C11H16F6. The molecule has 0 amide bonds. The molecule has 102 valence electrons. The Labute approximate surface area is 96.4 Å². The highest BCUT2D eigenvalue weighted by atomic mass is 19.4. The number of hydrogen-bond donors (Lipinski definition) is 0. The molecule has 17 heavy (non-hydrogen) atoms. The smallest absolute Gasteiger partial charge is 0.170 e. The minimum atomic E-state index is -5.25. The molecule has 1 saturated carbocycles. The molecule has 1 aliphatic carbocycles. The van der Waals surface area contributed by atoms with Gasteiger partial charge in [-0.05, 0) is 25.2 Å². The highest BCUT2D eigenvalue weighted by Crippen LogP contribution is 2.59. The summed E-state index contributed by atoms with van der Waals surface area (Å²) >= 11 is 0.